The number of carbonyl (C=O) groups is 3. The van der Waals surface area contributed by atoms with Gasteiger partial charge < -0.3 is 20.1 Å². The maximum atomic E-state index is 14.1. The number of carbonyl (C=O) groups excluding carboxylic acids is 2. The molecule has 1 aliphatic carbocycles. The molecule has 0 bridgehead atoms. The van der Waals surface area contributed by atoms with Crippen LogP contribution in [0.2, 0.25) is 0 Å². The molecule has 1 fully saturated rings. The smallest absolute Gasteiger partial charge is 0.326 e. The molecule has 4 aromatic carbocycles. The Kier molecular flexibility index (Phi) is 9.95. The van der Waals surface area contributed by atoms with Crippen LogP contribution in [0, 0.1) is 11.7 Å². The second kappa shape index (κ2) is 14.6. The molecule has 1 saturated carbocycles. The molecular formula is C39H39FN2O5. The number of carboxylic acids is 1. The summed E-state index contributed by atoms with van der Waals surface area (Å²) in [5, 5.41) is 12.8. The van der Waals surface area contributed by atoms with Gasteiger partial charge >= 0.3 is 5.97 Å². The van der Waals surface area contributed by atoms with Gasteiger partial charge in [0.05, 0.1) is 0 Å². The van der Waals surface area contributed by atoms with Crippen molar-refractivity contribution >= 4 is 17.8 Å². The minimum Gasteiger partial charge on any atom is -0.489 e. The predicted octanol–water partition coefficient (Wildman–Crippen LogP) is 6.72. The summed E-state index contributed by atoms with van der Waals surface area (Å²) in [5.74, 6) is -1.24. The van der Waals surface area contributed by atoms with Crippen molar-refractivity contribution in [2.24, 2.45) is 5.92 Å². The van der Waals surface area contributed by atoms with Crippen LogP contribution < -0.4 is 10.1 Å². The van der Waals surface area contributed by atoms with Gasteiger partial charge in [0.2, 0.25) is 11.8 Å². The molecular weight excluding hydrogens is 595 g/mol. The van der Waals surface area contributed by atoms with E-state index in [2.05, 4.69) is 5.32 Å². The maximum absolute atomic E-state index is 14.1. The lowest BCUT2D eigenvalue weighted by molar-refractivity contribution is -0.145. The Labute approximate surface area is 274 Å². The number of amides is 2. The lowest BCUT2D eigenvalue weighted by Crippen LogP contribution is -2.56. The van der Waals surface area contributed by atoms with Gasteiger partial charge in [-0.2, -0.15) is 0 Å². The van der Waals surface area contributed by atoms with Crippen molar-refractivity contribution in [1.29, 1.82) is 0 Å². The van der Waals surface area contributed by atoms with E-state index in [4.69, 9.17) is 4.74 Å². The van der Waals surface area contributed by atoms with E-state index in [1.54, 1.807) is 29.2 Å². The summed E-state index contributed by atoms with van der Waals surface area (Å²) in [6.45, 7) is 0.265. The van der Waals surface area contributed by atoms with Crippen molar-refractivity contribution in [1.82, 2.24) is 10.2 Å². The van der Waals surface area contributed by atoms with Crippen LogP contribution in [0.4, 0.5) is 4.39 Å². The van der Waals surface area contributed by atoms with Gasteiger partial charge in [-0.1, -0.05) is 91.7 Å². The fourth-order valence-electron chi connectivity index (χ4n) is 6.67. The Hall–Kier alpha value is -4.98. The van der Waals surface area contributed by atoms with Crippen molar-refractivity contribution in [2.45, 2.75) is 70.2 Å². The number of ether oxygens (including phenoxy) is 1. The largest absolute Gasteiger partial charge is 0.489 e. The fraction of sp³-hybridized carbons (Fsp3) is 0.308. The van der Waals surface area contributed by atoms with Crippen molar-refractivity contribution < 1.29 is 28.6 Å². The molecule has 7 nitrogen and oxygen atoms in total. The first kappa shape index (κ1) is 32.0. The molecule has 0 saturated heterocycles. The molecule has 2 amide bonds. The average molecular weight is 635 g/mol. The van der Waals surface area contributed by atoms with Gasteiger partial charge in [0.25, 0.3) is 0 Å². The van der Waals surface area contributed by atoms with Crippen LogP contribution in [0.15, 0.2) is 97.1 Å². The summed E-state index contributed by atoms with van der Waals surface area (Å²) in [7, 11) is 0. The van der Waals surface area contributed by atoms with Gasteiger partial charge in [0.1, 0.15) is 30.3 Å². The lowest BCUT2D eigenvalue weighted by Gasteiger charge is -2.37. The summed E-state index contributed by atoms with van der Waals surface area (Å²) < 4.78 is 20.0. The average Bonchev–Trinajstić information content (AvgIpc) is 3.60. The standard InChI is InChI=1S/C39H39FN2O5/c40-34-13-7-6-12-31(34)25-47-33-19-18-30-23-36(42(24-32(30)22-33)37(43)21-26-8-4-5-9-26)38(44)41-35(39(45)46)20-27-14-16-29(17-15-27)28-10-2-1-3-11-28/h1-3,6-7,10-19,22,26,35-36H,4-5,8-9,20-21,23-25H2,(H,41,44)(H,45,46)/t35-,36-/m0/s1. The first-order valence-electron chi connectivity index (χ1n) is 16.3. The van der Waals surface area contributed by atoms with Crippen molar-refractivity contribution in [3.05, 3.63) is 125 Å². The highest BCUT2D eigenvalue weighted by molar-refractivity contribution is 5.91. The van der Waals surface area contributed by atoms with Crippen molar-refractivity contribution in [3.8, 4) is 16.9 Å². The Morgan fingerprint density at radius 1 is 0.872 bits per heavy atom. The monoisotopic (exact) mass is 634 g/mol. The molecule has 2 N–H and O–H groups in total. The van der Waals surface area contributed by atoms with Gasteiger partial charge in [-0.25, -0.2) is 9.18 Å². The van der Waals surface area contributed by atoms with Gasteiger partial charge in [-0.05, 0) is 64.8 Å². The SMILES string of the molecule is O=C(O)[C@H](Cc1ccc(-c2ccccc2)cc1)NC(=O)[C@@H]1Cc2ccc(OCc3ccccc3F)cc2CN1C(=O)CC1CCCC1. The van der Waals surface area contributed by atoms with Crippen molar-refractivity contribution in [3.63, 3.8) is 0 Å². The number of fused-ring (bicyclic) bond motifs is 1. The van der Waals surface area contributed by atoms with E-state index in [1.165, 1.54) is 6.07 Å². The van der Waals surface area contributed by atoms with E-state index in [1.807, 2.05) is 66.7 Å². The second-order valence-corrected chi connectivity index (χ2v) is 12.6. The third-order valence-corrected chi connectivity index (χ3v) is 9.34. The predicted molar refractivity (Wildman–Crippen MR) is 177 cm³/mol. The van der Waals surface area contributed by atoms with Crippen LogP contribution in [-0.4, -0.2) is 39.9 Å². The summed E-state index contributed by atoms with van der Waals surface area (Å²) in [4.78, 5) is 41.5. The Bertz CT molecular complexity index is 1720. The van der Waals surface area contributed by atoms with Crippen molar-refractivity contribution in [2.75, 3.05) is 0 Å². The number of carboxylic acid groups (broad SMARTS) is 1. The molecule has 1 heterocycles. The van der Waals surface area contributed by atoms with Crippen LogP contribution in [0.1, 0.15) is 54.4 Å². The molecule has 4 aromatic rings. The lowest BCUT2D eigenvalue weighted by atomic mass is 9.91. The Balaban J connectivity index is 1.18. The highest BCUT2D eigenvalue weighted by atomic mass is 19.1. The zero-order chi connectivity index (χ0) is 32.8. The van der Waals surface area contributed by atoms with Crippen LogP contribution in [-0.2, 0) is 40.4 Å². The molecule has 2 aliphatic rings. The fourth-order valence-corrected chi connectivity index (χ4v) is 6.67. The number of hydrogen-bond donors (Lipinski definition) is 2. The number of aliphatic carboxylic acids is 1. The van der Waals surface area contributed by atoms with Crippen LogP contribution in [0.25, 0.3) is 11.1 Å². The number of halogens is 1. The van der Waals surface area contributed by atoms with E-state index in [-0.39, 0.29) is 43.6 Å². The molecule has 0 aromatic heterocycles. The molecule has 6 rings (SSSR count). The number of benzene rings is 4. The van der Waals surface area contributed by atoms with Crippen LogP contribution in [0.5, 0.6) is 5.75 Å². The molecule has 1 aliphatic heterocycles. The Morgan fingerprint density at radius 3 is 2.30 bits per heavy atom. The first-order valence-corrected chi connectivity index (χ1v) is 16.3. The zero-order valence-corrected chi connectivity index (χ0v) is 26.2. The number of nitrogens with zero attached hydrogens (tertiary/aromatic N) is 1. The summed E-state index contributed by atoms with van der Waals surface area (Å²) in [6.07, 6.45) is 4.90. The molecule has 242 valence electrons. The normalized spacial score (nSPS) is 16.7. The molecule has 0 unspecified atom stereocenters. The minimum atomic E-state index is -1.16. The number of rotatable bonds is 11. The molecule has 0 radical (unpaired) electrons. The quantitative estimate of drug-likeness (QED) is 0.191. The zero-order valence-electron chi connectivity index (χ0n) is 26.2. The van der Waals surface area contributed by atoms with Gasteiger partial charge in [0.15, 0.2) is 0 Å². The summed E-state index contributed by atoms with van der Waals surface area (Å²) >= 11 is 0. The Morgan fingerprint density at radius 2 is 1.57 bits per heavy atom. The van der Waals surface area contributed by atoms with Crippen LogP contribution >= 0.6 is 0 Å². The van der Waals surface area contributed by atoms with E-state index in [9.17, 15) is 23.9 Å². The van der Waals surface area contributed by atoms with Gasteiger partial charge in [-0.3, -0.25) is 9.59 Å². The summed E-state index contributed by atoms with van der Waals surface area (Å²) in [6, 6.07) is 27.5. The van der Waals surface area contributed by atoms with Gasteiger partial charge in [0, 0.05) is 31.4 Å². The topological polar surface area (TPSA) is 95.9 Å². The van der Waals surface area contributed by atoms with E-state index in [0.29, 0.717) is 17.7 Å². The molecule has 47 heavy (non-hydrogen) atoms. The number of hydrogen-bond acceptors (Lipinski definition) is 4. The highest BCUT2D eigenvalue weighted by Gasteiger charge is 2.37. The third-order valence-electron chi connectivity index (χ3n) is 9.34. The van der Waals surface area contributed by atoms with Crippen LogP contribution in [0.3, 0.4) is 0 Å². The van der Waals surface area contributed by atoms with E-state index in [0.717, 1.165) is 53.5 Å². The minimum absolute atomic E-state index is 0.0619. The van der Waals surface area contributed by atoms with E-state index < -0.39 is 24.0 Å². The van der Waals surface area contributed by atoms with E-state index >= 15 is 0 Å². The number of nitrogens with one attached hydrogen (secondary N) is 1. The van der Waals surface area contributed by atoms with Gasteiger partial charge in [-0.15, -0.1) is 0 Å². The molecule has 0 spiro atoms. The molecule has 8 heteroatoms. The third kappa shape index (κ3) is 7.88. The maximum Gasteiger partial charge on any atom is 0.326 e. The first-order chi connectivity index (χ1) is 22.8. The summed E-state index contributed by atoms with van der Waals surface area (Å²) in [5.41, 5.74) is 5.04. The highest BCUT2D eigenvalue weighted by Crippen LogP contribution is 2.32. The molecule has 2 atom stereocenters. The second-order valence-electron chi connectivity index (χ2n) is 12.6.